The number of nitrogens with one attached hydrogen (secondary N) is 1. The van der Waals surface area contributed by atoms with Crippen molar-refractivity contribution < 1.29 is 9.15 Å². The molecule has 0 aliphatic carbocycles. The van der Waals surface area contributed by atoms with Gasteiger partial charge in [0.05, 0.1) is 13.2 Å². The highest BCUT2D eigenvalue weighted by Crippen LogP contribution is 2.11. The van der Waals surface area contributed by atoms with Gasteiger partial charge in [0.1, 0.15) is 0 Å². The molecule has 0 bridgehead atoms. The van der Waals surface area contributed by atoms with Crippen LogP contribution in [-0.4, -0.2) is 43.0 Å². The van der Waals surface area contributed by atoms with Crippen molar-refractivity contribution in [2.75, 3.05) is 31.7 Å². The van der Waals surface area contributed by atoms with Crippen LogP contribution < -0.4 is 10.2 Å². The van der Waals surface area contributed by atoms with Gasteiger partial charge in [-0.1, -0.05) is 18.9 Å². The Morgan fingerprint density at radius 2 is 2.18 bits per heavy atom. The van der Waals surface area contributed by atoms with E-state index in [1.54, 1.807) is 7.11 Å². The molecular formula is C11H22N4O2. The summed E-state index contributed by atoms with van der Waals surface area (Å²) >= 11 is 0. The number of likely N-dealkylation sites (N-methyl/N-ethyl adjacent to an activating group) is 1. The highest BCUT2D eigenvalue weighted by Gasteiger charge is 2.12. The summed E-state index contributed by atoms with van der Waals surface area (Å²) < 4.78 is 10.6. The Hall–Kier alpha value is -1.14. The molecule has 0 saturated carbocycles. The Morgan fingerprint density at radius 3 is 2.76 bits per heavy atom. The summed E-state index contributed by atoms with van der Waals surface area (Å²) in [6, 6.07) is 0.964. The molecule has 17 heavy (non-hydrogen) atoms. The molecule has 0 aliphatic heterocycles. The van der Waals surface area contributed by atoms with Gasteiger partial charge in [0.25, 0.3) is 0 Å². The van der Waals surface area contributed by atoms with Gasteiger partial charge < -0.3 is 19.4 Å². The zero-order valence-corrected chi connectivity index (χ0v) is 11.1. The average Bonchev–Trinajstić information content (AvgIpc) is 2.76. The van der Waals surface area contributed by atoms with Gasteiger partial charge in [-0.3, -0.25) is 0 Å². The average molecular weight is 242 g/mol. The van der Waals surface area contributed by atoms with Crippen molar-refractivity contribution in [3.05, 3.63) is 5.89 Å². The van der Waals surface area contributed by atoms with E-state index in [0.29, 0.717) is 31.1 Å². The predicted octanol–water partition coefficient (Wildman–Crippen LogP) is 1.04. The van der Waals surface area contributed by atoms with E-state index in [1.807, 2.05) is 11.8 Å². The first kappa shape index (κ1) is 13.9. The SMILES string of the molecule is CCN(CCOC)c1nnc(CNC(C)C)o1. The number of hydrogen-bond donors (Lipinski definition) is 1. The van der Waals surface area contributed by atoms with E-state index < -0.39 is 0 Å². The van der Waals surface area contributed by atoms with Crippen molar-refractivity contribution in [2.24, 2.45) is 0 Å². The summed E-state index contributed by atoms with van der Waals surface area (Å²) in [6.45, 7) is 9.03. The number of nitrogens with zero attached hydrogens (tertiary/aromatic N) is 3. The largest absolute Gasteiger partial charge is 0.407 e. The molecule has 1 heterocycles. The first-order valence-electron chi connectivity index (χ1n) is 5.97. The van der Waals surface area contributed by atoms with Crippen molar-refractivity contribution in [3.63, 3.8) is 0 Å². The topological polar surface area (TPSA) is 63.4 Å². The van der Waals surface area contributed by atoms with E-state index in [-0.39, 0.29) is 0 Å². The summed E-state index contributed by atoms with van der Waals surface area (Å²) in [5.41, 5.74) is 0. The fourth-order valence-electron chi connectivity index (χ4n) is 1.33. The number of hydrogen-bond acceptors (Lipinski definition) is 6. The molecular weight excluding hydrogens is 220 g/mol. The zero-order chi connectivity index (χ0) is 12.7. The minimum absolute atomic E-state index is 0.404. The fraction of sp³-hybridized carbons (Fsp3) is 0.818. The van der Waals surface area contributed by atoms with E-state index >= 15 is 0 Å². The highest BCUT2D eigenvalue weighted by molar-refractivity contribution is 5.23. The van der Waals surface area contributed by atoms with Crippen molar-refractivity contribution in [2.45, 2.75) is 33.4 Å². The van der Waals surface area contributed by atoms with Gasteiger partial charge in [0.2, 0.25) is 5.89 Å². The third-order valence-electron chi connectivity index (χ3n) is 2.34. The minimum atomic E-state index is 0.404. The molecule has 0 unspecified atom stereocenters. The molecule has 1 aromatic rings. The van der Waals surface area contributed by atoms with Crippen LogP contribution in [0.3, 0.4) is 0 Å². The van der Waals surface area contributed by atoms with E-state index in [9.17, 15) is 0 Å². The number of rotatable bonds is 8. The van der Waals surface area contributed by atoms with Gasteiger partial charge in [0, 0.05) is 26.2 Å². The molecule has 98 valence electrons. The second-order valence-corrected chi connectivity index (χ2v) is 4.09. The molecule has 0 fully saturated rings. The van der Waals surface area contributed by atoms with Gasteiger partial charge in [-0.2, -0.15) is 0 Å². The van der Waals surface area contributed by atoms with E-state index in [2.05, 4.69) is 29.4 Å². The second kappa shape index (κ2) is 7.24. The normalized spacial score (nSPS) is 11.1. The predicted molar refractivity (Wildman–Crippen MR) is 66.0 cm³/mol. The maximum Gasteiger partial charge on any atom is 0.318 e. The lowest BCUT2D eigenvalue weighted by Crippen LogP contribution is -2.27. The monoisotopic (exact) mass is 242 g/mol. The van der Waals surface area contributed by atoms with Crippen LogP contribution in [0.5, 0.6) is 0 Å². The molecule has 1 rings (SSSR count). The van der Waals surface area contributed by atoms with Crippen LogP contribution in [0.25, 0.3) is 0 Å². The lowest BCUT2D eigenvalue weighted by atomic mass is 10.4. The van der Waals surface area contributed by atoms with Crippen LogP contribution in [0.4, 0.5) is 6.01 Å². The maximum absolute atomic E-state index is 5.57. The third kappa shape index (κ3) is 4.70. The molecule has 6 nitrogen and oxygen atoms in total. The Morgan fingerprint density at radius 1 is 1.41 bits per heavy atom. The summed E-state index contributed by atoms with van der Waals surface area (Å²) in [6.07, 6.45) is 0. The van der Waals surface area contributed by atoms with E-state index in [1.165, 1.54) is 0 Å². The lowest BCUT2D eigenvalue weighted by molar-refractivity contribution is 0.204. The lowest BCUT2D eigenvalue weighted by Gasteiger charge is -2.16. The summed E-state index contributed by atoms with van der Waals surface area (Å²) in [5.74, 6) is 0.615. The van der Waals surface area contributed by atoms with Crippen molar-refractivity contribution in [1.82, 2.24) is 15.5 Å². The Bertz CT molecular complexity index is 314. The van der Waals surface area contributed by atoms with Crippen LogP contribution in [0, 0.1) is 0 Å². The molecule has 0 saturated heterocycles. The van der Waals surface area contributed by atoms with E-state index in [4.69, 9.17) is 9.15 Å². The van der Waals surface area contributed by atoms with Crippen LogP contribution in [0.15, 0.2) is 4.42 Å². The van der Waals surface area contributed by atoms with Gasteiger partial charge in [0.15, 0.2) is 0 Å². The summed E-state index contributed by atoms with van der Waals surface area (Å²) in [5, 5.41) is 11.3. The molecule has 0 amide bonds. The summed E-state index contributed by atoms with van der Waals surface area (Å²) in [4.78, 5) is 2.00. The van der Waals surface area contributed by atoms with Gasteiger partial charge in [-0.15, -0.1) is 5.10 Å². The molecule has 0 aromatic carbocycles. The quantitative estimate of drug-likeness (QED) is 0.735. The molecule has 0 aliphatic rings. The highest BCUT2D eigenvalue weighted by atomic mass is 16.5. The number of anilines is 1. The minimum Gasteiger partial charge on any atom is -0.407 e. The van der Waals surface area contributed by atoms with Crippen LogP contribution in [-0.2, 0) is 11.3 Å². The Balaban J connectivity index is 2.52. The van der Waals surface area contributed by atoms with Gasteiger partial charge in [-0.05, 0) is 6.92 Å². The zero-order valence-electron chi connectivity index (χ0n) is 11.1. The van der Waals surface area contributed by atoms with Gasteiger partial charge >= 0.3 is 6.01 Å². The number of ether oxygens (including phenoxy) is 1. The van der Waals surface area contributed by atoms with Gasteiger partial charge in [-0.25, -0.2) is 0 Å². The van der Waals surface area contributed by atoms with Crippen molar-refractivity contribution >= 4 is 6.01 Å². The first-order chi connectivity index (χ1) is 8.17. The van der Waals surface area contributed by atoms with Crippen LogP contribution >= 0.6 is 0 Å². The molecule has 6 heteroatoms. The van der Waals surface area contributed by atoms with Crippen molar-refractivity contribution in [3.8, 4) is 0 Å². The second-order valence-electron chi connectivity index (χ2n) is 4.09. The van der Waals surface area contributed by atoms with Crippen LogP contribution in [0.2, 0.25) is 0 Å². The standard InChI is InChI=1S/C11H22N4O2/c1-5-15(6-7-16-4)11-14-13-10(17-11)8-12-9(2)3/h9,12H,5-8H2,1-4H3. The number of methoxy groups -OCH3 is 1. The summed E-state index contributed by atoms with van der Waals surface area (Å²) in [7, 11) is 1.68. The Labute approximate surface area is 102 Å². The molecule has 1 aromatic heterocycles. The number of aromatic nitrogens is 2. The van der Waals surface area contributed by atoms with Crippen LogP contribution in [0.1, 0.15) is 26.7 Å². The smallest absolute Gasteiger partial charge is 0.318 e. The molecule has 0 atom stereocenters. The molecule has 0 spiro atoms. The fourth-order valence-corrected chi connectivity index (χ4v) is 1.33. The molecule has 0 radical (unpaired) electrons. The Kier molecular flexibility index (Phi) is 5.93. The third-order valence-corrected chi connectivity index (χ3v) is 2.34. The molecule has 1 N–H and O–H groups in total. The maximum atomic E-state index is 5.57. The van der Waals surface area contributed by atoms with Crippen molar-refractivity contribution in [1.29, 1.82) is 0 Å². The first-order valence-corrected chi connectivity index (χ1v) is 5.97. The van der Waals surface area contributed by atoms with E-state index in [0.717, 1.165) is 13.1 Å².